The molecule has 0 atom stereocenters. The molecular formula is C29H27ClN2O6S. The molecule has 4 rings (SSSR count). The number of halogens is 1. The molecule has 1 saturated heterocycles. The number of carbonyl (C=O) groups is 3. The van der Waals surface area contributed by atoms with E-state index in [4.69, 9.17) is 25.8 Å². The minimum absolute atomic E-state index is 0.124. The van der Waals surface area contributed by atoms with Gasteiger partial charge < -0.3 is 19.5 Å². The van der Waals surface area contributed by atoms with Crippen LogP contribution >= 0.6 is 23.4 Å². The van der Waals surface area contributed by atoms with Crippen molar-refractivity contribution in [3.05, 3.63) is 87.8 Å². The molecule has 0 aliphatic carbocycles. The van der Waals surface area contributed by atoms with Crippen molar-refractivity contribution in [1.29, 1.82) is 0 Å². The summed E-state index contributed by atoms with van der Waals surface area (Å²) in [7, 11) is 0. The highest BCUT2D eigenvalue weighted by Crippen LogP contribution is 2.39. The molecule has 3 aromatic carbocycles. The fraction of sp³-hybridized carbons (Fsp3) is 0.207. The molecule has 3 aromatic rings. The lowest BCUT2D eigenvalue weighted by Crippen LogP contribution is -2.32. The van der Waals surface area contributed by atoms with Crippen molar-refractivity contribution in [3.8, 4) is 17.2 Å². The van der Waals surface area contributed by atoms with Gasteiger partial charge in [0.1, 0.15) is 12.4 Å². The van der Waals surface area contributed by atoms with Gasteiger partial charge in [0.05, 0.1) is 23.1 Å². The summed E-state index contributed by atoms with van der Waals surface area (Å²) in [5.41, 5.74) is 2.25. The Morgan fingerprint density at radius 1 is 1.03 bits per heavy atom. The topological polar surface area (TPSA) is 94.2 Å². The van der Waals surface area contributed by atoms with Crippen LogP contribution < -0.4 is 19.5 Å². The summed E-state index contributed by atoms with van der Waals surface area (Å²) in [6.45, 7) is 4.11. The lowest BCUT2D eigenvalue weighted by atomic mass is 10.1. The largest absolute Gasteiger partial charge is 0.492 e. The number of nitrogens with zero attached hydrogens (tertiary/aromatic N) is 1. The Bertz CT molecular complexity index is 1400. The van der Waals surface area contributed by atoms with Crippen LogP contribution in [0.2, 0.25) is 5.02 Å². The Hall–Kier alpha value is -3.95. The summed E-state index contributed by atoms with van der Waals surface area (Å²) in [6.07, 6.45) is 1.58. The molecule has 1 heterocycles. The first kappa shape index (κ1) is 28.1. The molecule has 1 fully saturated rings. The van der Waals surface area contributed by atoms with E-state index in [9.17, 15) is 14.4 Å². The molecule has 1 aliphatic rings. The molecule has 8 nitrogen and oxygen atoms in total. The van der Waals surface area contributed by atoms with Gasteiger partial charge in [0, 0.05) is 5.69 Å². The zero-order valence-electron chi connectivity index (χ0n) is 21.4. The van der Waals surface area contributed by atoms with Crippen LogP contribution in [0.15, 0.2) is 71.6 Å². The highest BCUT2D eigenvalue weighted by molar-refractivity contribution is 8.18. The van der Waals surface area contributed by atoms with Gasteiger partial charge >= 0.3 is 0 Å². The number of amides is 3. The third-order valence-electron chi connectivity index (χ3n) is 5.48. The number of thioether (sulfide) groups is 1. The first-order valence-corrected chi connectivity index (χ1v) is 13.4. The standard InChI is InChI=1S/C29H27ClN2O6S/c1-3-36-24-16-20(15-23(30)27(24)38-18-26(33)31-21-9-5-4-6-10-21)17-25-28(34)32(29(35)39-25)12-13-37-22-11-7-8-19(2)14-22/h4-11,14-17H,3,12-13,18H2,1-2H3,(H,31,33)/b25-17-. The molecule has 202 valence electrons. The number of aryl methyl sites for hydroxylation is 1. The summed E-state index contributed by atoms with van der Waals surface area (Å²) in [6, 6.07) is 19.8. The SMILES string of the molecule is CCOc1cc(/C=C2\SC(=O)N(CCOc3cccc(C)c3)C2=O)cc(Cl)c1OCC(=O)Nc1ccccc1. The maximum absolute atomic E-state index is 12.9. The number of carbonyl (C=O) groups excluding carboxylic acids is 3. The number of hydrogen-bond acceptors (Lipinski definition) is 7. The Morgan fingerprint density at radius 3 is 2.56 bits per heavy atom. The van der Waals surface area contributed by atoms with Crippen molar-refractivity contribution in [2.75, 3.05) is 31.7 Å². The van der Waals surface area contributed by atoms with Crippen molar-refractivity contribution in [3.63, 3.8) is 0 Å². The van der Waals surface area contributed by atoms with Crippen molar-refractivity contribution in [2.24, 2.45) is 0 Å². The van der Waals surface area contributed by atoms with E-state index in [0.29, 0.717) is 29.4 Å². The van der Waals surface area contributed by atoms with E-state index in [-0.39, 0.29) is 46.6 Å². The molecule has 0 aromatic heterocycles. The molecular weight excluding hydrogens is 540 g/mol. The lowest BCUT2D eigenvalue weighted by Gasteiger charge is -2.15. The average molecular weight is 567 g/mol. The van der Waals surface area contributed by atoms with E-state index in [1.165, 1.54) is 0 Å². The van der Waals surface area contributed by atoms with Crippen LogP contribution in [0.25, 0.3) is 6.08 Å². The summed E-state index contributed by atoms with van der Waals surface area (Å²) in [5.74, 6) is 0.430. The first-order chi connectivity index (χ1) is 18.8. The van der Waals surface area contributed by atoms with Gasteiger partial charge in [0.15, 0.2) is 18.1 Å². The van der Waals surface area contributed by atoms with E-state index >= 15 is 0 Å². The minimum Gasteiger partial charge on any atom is -0.492 e. The predicted molar refractivity (Wildman–Crippen MR) is 153 cm³/mol. The zero-order chi connectivity index (χ0) is 27.8. The maximum Gasteiger partial charge on any atom is 0.293 e. The molecule has 10 heteroatoms. The fourth-order valence-corrected chi connectivity index (χ4v) is 4.87. The average Bonchev–Trinajstić information content (AvgIpc) is 3.16. The molecule has 3 amide bonds. The summed E-state index contributed by atoms with van der Waals surface area (Å²) < 4.78 is 17.1. The van der Waals surface area contributed by atoms with Gasteiger partial charge in [-0.15, -0.1) is 0 Å². The predicted octanol–water partition coefficient (Wildman–Crippen LogP) is 6.18. The Morgan fingerprint density at radius 2 is 1.82 bits per heavy atom. The maximum atomic E-state index is 12.9. The molecule has 1 aliphatic heterocycles. The molecule has 0 bridgehead atoms. The smallest absolute Gasteiger partial charge is 0.293 e. The van der Waals surface area contributed by atoms with Crippen LogP contribution in [0.4, 0.5) is 10.5 Å². The highest BCUT2D eigenvalue weighted by Gasteiger charge is 2.35. The van der Waals surface area contributed by atoms with Gasteiger partial charge in [-0.3, -0.25) is 19.3 Å². The number of nitrogens with one attached hydrogen (secondary N) is 1. The number of para-hydroxylation sites is 1. The van der Waals surface area contributed by atoms with Crippen LogP contribution in [-0.4, -0.2) is 48.3 Å². The van der Waals surface area contributed by atoms with Crippen LogP contribution in [0.3, 0.4) is 0 Å². The molecule has 0 saturated carbocycles. The second kappa shape index (κ2) is 13.2. The third kappa shape index (κ3) is 7.55. The zero-order valence-corrected chi connectivity index (χ0v) is 23.0. The quantitative estimate of drug-likeness (QED) is 0.277. The third-order valence-corrected chi connectivity index (χ3v) is 6.67. The molecule has 39 heavy (non-hydrogen) atoms. The van der Waals surface area contributed by atoms with Crippen molar-refractivity contribution in [1.82, 2.24) is 4.90 Å². The first-order valence-electron chi connectivity index (χ1n) is 12.2. The van der Waals surface area contributed by atoms with Crippen molar-refractivity contribution >= 4 is 52.2 Å². The van der Waals surface area contributed by atoms with Crippen LogP contribution in [0, 0.1) is 6.92 Å². The lowest BCUT2D eigenvalue weighted by molar-refractivity contribution is -0.123. The number of imide groups is 1. The summed E-state index contributed by atoms with van der Waals surface area (Å²) in [5, 5.41) is 2.56. The highest BCUT2D eigenvalue weighted by atomic mass is 35.5. The Balaban J connectivity index is 1.42. The van der Waals surface area contributed by atoms with E-state index in [1.54, 1.807) is 37.3 Å². The van der Waals surface area contributed by atoms with Gasteiger partial charge in [0.25, 0.3) is 17.1 Å². The number of rotatable bonds is 11. The summed E-state index contributed by atoms with van der Waals surface area (Å²) in [4.78, 5) is 39.2. The Labute approximate surface area is 235 Å². The number of benzene rings is 3. The molecule has 0 spiro atoms. The van der Waals surface area contributed by atoms with Crippen molar-refractivity contribution in [2.45, 2.75) is 13.8 Å². The minimum atomic E-state index is -0.412. The van der Waals surface area contributed by atoms with Gasteiger partial charge in [-0.2, -0.15) is 0 Å². The molecule has 0 unspecified atom stereocenters. The molecule has 0 radical (unpaired) electrons. The summed E-state index contributed by atoms with van der Waals surface area (Å²) >= 11 is 7.32. The Kier molecular flexibility index (Phi) is 9.51. The fourth-order valence-electron chi connectivity index (χ4n) is 3.73. The van der Waals surface area contributed by atoms with E-state index in [2.05, 4.69) is 5.32 Å². The molecule has 1 N–H and O–H groups in total. The van der Waals surface area contributed by atoms with E-state index in [1.807, 2.05) is 49.4 Å². The van der Waals surface area contributed by atoms with E-state index < -0.39 is 5.91 Å². The number of anilines is 1. The van der Waals surface area contributed by atoms with E-state index in [0.717, 1.165) is 22.2 Å². The van der Waals surface area contributed by atoms with Crippen LogP contribution in [0.1, 0.15) is 18.1 Å². The van der Waals surface area contributed by atoms with Gasteiger partial charge in [0.2, 0.25) is 0 Å². The normalized spacial score (nSPS) is 14.0. The van der Waals surface area contributed by atoms with Gasteiger partial charge in [-0.25, -0.2) is 0 Å². The second-order valence-corrected chi connectivity index (χ2v) is 9.86. The monoisotopic (exact) mass is 566 g/mol. The van der Waals surface area contributed by atoms with Crippen LogP contribution in [-0.2, 0) is 9.59 Å². The number of ether oxygens (including phenoxy) is 3. The van der Waals surface area contributed by atoms with Crippen LogP contribution in [0.5, 0.6) is 17.2 Å². The number of hydrogen-bond donors (Lipinski definition) is 1. The van der Waals surface area contributed by atoms with Gasteiger partial charge in [-0.1, -0.05) is 41.9 Å². The van der Waals surface area contributed by atoms with Gasteiger partial charge in [-0.05, 0) is 79.2 Å². The van der Waals surface area contributed by atoms with Crippen molar-refractivity contribution < 1.29 is 28.6 Å². The second-order valence-electron chi connectivity index (χ2n) is 8.46.